The Balaban J connectivity index is 1.84. The second-order valence-corrected chi connectivity index (χ2v) is 7.19. The van der Waals surface area contributed by atoms with Crippen molar-refractivity contribution in [2.75, 3.05) is 6.54 Å². The minimum Gasteiger partial charge on any atom is -0.460 e. The molecule has 2 rings (SSSR count). The number of hydrogen-bond acceptors (Lipinski definition) is 6. The highest BCUT2D eigenvalue weighted by Crippen LogP contribution is 2.13. The third-order valence-electron chi connectivity index (χ3n) is 3.49. The Bertz CT molecular complexity index is 847. The standard InChI is InChI=1S/C17H20N2O5S/c1-12-4-6-15(7-5-12)8-9-25(21,22)18-10-17(20)23-11-16-13(2)19-24-14(16)3/h4-9,18H,10-11H2,1-3H3/b9-8+. The summed E-state index contributed by atoms with van der Waals surface area (Å²) in [6.45, 7) is 4.92. The predicted octanol–water partition coefficient (Wildman–Crippen LogP) is 2.23. The lowest BCUT2D eigenvalue weighted by atomic mass is 10.2. The second kappa shape index (κ2) is 8.09. The average Bonchev–Trinajstić information content (AvgIpc) is 2.89. The Hall–Kier alpha value is -2.45. The summed E-state index contributed by atoms with van der Waals surface area (Å²) in [7, 11) is -3.74. The van der Waals surface area contributed by atoms with E-state index in [1.165, 1.54) is 6.08 Å². The maximum Gasteiger partial charge on any atom is 0.321 e. The molecule has 0 amide bonds. The van der Waals surface area contributed by atoms with Crippen LogP contribution in [-0.4, -0.2) is 26.1 Å². The SMILES string of the molecule is Cc1ccc(/C=C/S(=O)(=O)NCC(=O)OCc2c(C)noc2C)cc1. The zero-order chi connectivity index (χ0) is 18.4. The first-order valence-electron chi connectivity index (χ1n) is 7.58. The first-order valence-corrected chi connectivity index (χ1v) is 9.13. The van der Waals surface area contributed by atoms with E-state index in [4.69, 9.17) is 9.26 Å². The molecular weight excluding hydrogens is 344 g/mol. The number of esters is 1. The molecule has 8 heteroatoms. The van der Waals surface area contributed by atoms with Crippen molar-refractivity contribution in [2.45, 2.75) is 27.4 Å². The summed E-state index contributed by atoms with van der Waals surface area (Å²) in [5.41, 5.74) is 3.14. The fourth-order valence-electron chi connectivity index (χ4n) is 1.96. The van der Waals surface area contributed by atoms with E-state index in [1.54, 1.807) is 26.0 Å². The Morgan fingerprint density at radius 1 is 1.24 bits per heavy atom. The van der Waals surface area contributed by atoms with Gasteiger partial charge in [0.15, 0.2) is 0 Å². The van der Waals surface area contributed by atoms with Crippen LogP contribution in [0.2, 0.25) is 0 Å². The molecule has 134 valence electrons. The molecule has 1 aromatic carbocycles. The molecule has 2 aromatic rings. The number of carbonyl (C=O) groups excluding carboxylic acids is 1. The van der Waals surface area contributed by atoms with Crippen LogP contribution in [0.1, 0.15) is 28.1 Å². The van der Waals surface area contributed by atoms with Gasteiger partial charge in [0.2, 0.25) is 10.0 Å². The van der Waals surface area contributed by atoms with Crippen molar-refractivity contribution in [3.63, 3.8) is 0 Å². The predicted molar refractivity (Wildman–Crippen MR) is 92.9 cm³/mol. The molecule has 0 saturated carbocycles. The maximum atomic E-state index is 11.9. The Labute approximate surface area is 146 Å². The lowest BCUT2D eigenvalue weighted by molar-refractivity contribution is -0.143. The summed E-state index contributed by atoms with van der Waals surface area (Å²) in [6, 6.07) is 7.37. The molecule has 0 radical (unpaired) electrons. The summed E-state index contributed by atoms with van der Waals surface area (Å²) in [5, 5.41) is 4.76. The van der Waals surface area contributed by atoms with E-state index in [-0.39, 0.29) is 6.61 Å². The maximum absolute atomic E-state index is 11.9. The molecular formula is C17H20N2O5S. The van der Waals surface area contributed by atoms with Gasteiger partial charge >= 0.3 is 5.97 Å². The van der Waals surface area contributed by atoms with E-state index in [2.05, 4.69) is 9.88 Å². The molecule has 0 aliphatic heterocycles. The van der Waals surface area contributed by atoms with E-state index in [1.807, 2.05) is 19.1 Å². The van der Waals surface area contributed by atoms with Gasteiger partial charge in [0.1, 0.15) is 18.9 Å². The minimum atomic E-state index is -3.74. The summed E-state index contributed by atoms with van der Waals surface area (Å²) < 4.78 is 35.9. The van der Waals surface area contributed by atoms with Crippen molar-refractivity contribution in [1.82, 2.24) is 9.88 Å². The van der Waals surface area contributed by atoms with Crippen LogP contribution in [-0.2, 0) is 26.2 Å². The van der Waals surface area contributed by atoms with Gasteiger partial charge in [-0.1, -0.05) is 35.0 Å². The molecule has 0 atom stereocenters. The van der Waals surface area contributed by atoms with Gasteiger partial charge in [-0.2, -0.15) is 0 Å². The number of carbonyl (C=O) groups is 1. The van der Waals surface area contributed by atoms with Gasteiger partial charge in [-0.05, 0) is 32.4 Å². The van der Waals surface area contributed by atoms with Crippen molar-refractivity contribution in [3.8, 4) is 0 Å². The molecule has 7 nitrogen and oxygen atoms in total. The van der Waals surface area contributed by atoms with Gasteiger partial charge in [-0.25, -0.2) is 13.1 Å². The van der Waals surface area contributed by atoms with Gasteiger partial charge in [-0.15, -0.1) is 0 Å². The monoisotopic (exact) mass is 364 g/mol. The van der Waals surface area contributed by atoms with Gasteiger partial charge in [0.05, 0.1) is 11.3 Å². The first kappa shape index (κ1) is 18.9. The highest BCUT2D eigenvalue weighted by Gasteiger charge is 2.13. The van der Waals surface area contributed by atoms with Crippen LogP contribution in [0.4, 0.5) is 0 Å². The van der Waals surface area contributed by atoms with Crippen LogP contribution in [0, 0.1) is 20.8 Å². The van der Waals surface area contributed by atoms with E-state index >= 15 is 0 Å². The number of sulfonamides is 1. The number of hydrogen-bond donors (Lipinski definition) is 1. The molecule has 0 saturated heterocycles. The van der Waals surface area contributed by atoms with E-state index in [0.29, 0.717) is 17.0 Å². The number of nitrogens with one attached hydrogen (secondary N) is 1. The summed E-state index contributed by atoms with van der Waals surface area (Å²) in [5.74, 6) is -0.126. The van der Waals surface area contributed by atoms with Crippen LogP contribution in [0.25, 0.3) is 6.08 Å². The first-order chi connectivity index (χ1) is 11.8. The zero-order valence-electron chi connectivity index (χ0n) is 14.3. The minimum absolute atomic E-state index is 0.0130. The van der Waals surface area contributed by atoms with E-state index in [9.17, 15) is 13.2 Å². The number of nitrogens with zero attached hydrogens (tertiary/aromatic N) is 1. The molecule has 0 spiro atoms. The summed E-state index contributed by atoms with van der Waals surface area (Å²) >= 11 is 0. The van der Waals surface area contributed by atoms with Crippen LogP contribution >= 0.6 is 0 Å². The molecule has 0 aliphatic carbocycles. The second-order valence-electron chi connectivity index (χ2n) is 5.54. The normalized spacial score (nSPS) is 11.8. The molecule has 1 N–H and O–H groups in total. The van der Waals surface area contributed by atoms with E-state index in [0.717, 1.165) is 16.5 Å². The number of benzene rings is 1. The lowest BCUT2D eigenvalue weighted by Crippen LogP contribution is -2.29. The average molecular weight is 364 g/mol. The third-order valence-corrected chi connectivity index (χ3v) is 4.53. The fraction of sp³-hybridized carbons (Fsp3) is 0.294. The summed E-state index contributed by atoms with van der Waals surface area (Å²) in [4.78, 5) is 11.7. The molecule has 0 fully saturated rings. The van der Waals surface area contributed by atoms with Gasteiger partial charge in [0, 0.05) is 5.41 Å². The number of aromatic nitrogens is 1. The Morgan fingerprint density at radius 2 is 1.92 bits per heavy atom. The third kappa shape index (κ3) is 5.84. The number of rotatable bonds is 7. The molecule has 1 heterocycles. The largest absolute Gasteiger partial charge is 0.460 e. The van der Waals surface area contributed by atoms with Crippen LogP contribution < -0.4 is 4.72 Å². The molecule has 0 bridgehead atoms. The van der Waals surface area contributed by atoms with Crippen LogP contribution in [0.5, 0.6) is 0 Å². The molecule has 0 aliphatic rings. The number of aryl methyl sites for hydroxylation is 3. The van der Waals surface area contributed by atoms with Gasteiger partial charge in [-0.3, -0.25) is 4.79 Å². The smallest absolute Gasteiger partial charge is 0.321 e. The van der Waals surface area contributed by atoms with Crippen molar-refractivity contribution < 1.29 is 22.5 Å². The Kier molecular flexibility index (Phi) is 6.11. The van der Waals surface area contributed by atoms with Crippen molar-refractivity contribution >= 4 is 22.1 Å². The van der Waals surface area contributed by atoms with E-state index < -0.39 is 22.5 Å². The van der Waals surface area contributed by atoms with Crippen molar-refractivity contribution in [2.24, 2.45) is 0 Å². The topological polar surface area (TPSA) is 98.5 Å². The van der Waals surface area contributed by atoms with Crippen molar-refractivity contribution in [3.05, 3.63) is 57.8 Å². The molecule has 25 heavy (non-hydrogen) atoms. The van der Waals surface area contributed by atoms with Gasteiger partial charge in [0.25, 0.3) is 0 Å². The highest BCUT2D eigenvalue weighted by molar-refractivity contribution is 7.92. The van der Waals surface area contributed by atoms with Crippen LogP contribution in [0.3, 0.4) is 0 Å². The molecule has 1 aromatic heterocycles. The van der Waals surface area contributed by atoms with Gasteiger partial charge < -0.3 is 9.26 Å². The Morgan fingerprint density at radius 3 is 2.52 bits per heavy atom. The molecule has 0 unspecified atom stereocenters. The number of ether oxygens (including phenoxy) is 1. The van der Waals surface area contributed by atoms with Crippen LogP contribution in [0.15, 0.2) is 34.2 Å². The van der Waals surface area contributed by atoms with Crippen molar-refractivity contribution in [1.29, 1.82) is 0 Å². The quantitative estimate of drug-likeness (QED) is 0.757. The highest BCUT2D eigenvalue weighted by atomic mass is 32.2. The zero-order valence-corrected chi connectivity index (χ0v) is 15.1. The lowest BCUT2D eigenvalue weighted by Gasteiger charge is -2.05. The fourth-order valence-corrected chi connectivity index (χ4v) is 2.72. The summed E-state index contributed by atoms with van der Waals surface area (Å²) in [6.07, 6.45) is 1.46.